The first-order chi connectivity index (χ1) is 6.81. The Morgan fingerprint density at radius 3 is 3.00 bits per heavy atom. The molecule has 1 aromatic heterocycles. The van der Waals surface area contributed by atoms with Gasteiger partial charge in [0.2, 0.25) is 0 Å². The van der Waals surface area contributed by atoms with Gasteiger partial charge in [0.05, 0.1) is 3.57 Å². The fourth-order valence-corrected chi connectivity index (χ4v) is 2.34. The van der Waals surface area contributed by atoms with Gasteiger partial charge in [0, 0.05) is 19.3 Å². The second-order valence-corrected chi connectivity index (χ2v) is 4.70. The van der Waals surface area contributed by atoms with E-state index in [4.69, 9.17) is 5.73 Å². The van der Waals surface area contributed by atoms with Gasteiger partial charge >= 0.3 is 0 Å². The average Bonchev–Trinajstić information content (AvgIpc) is 2.12. The standard InChI is InChI=1S/C9H13IN4/c10-8-3-12-6-13-9(8)14-4-7(5-14)1-2-11/h3,6-7H,1-2,4-5,11H2. The highest BCUT2D eigenvalue weighted by Crippen LogP contribution is 2.27. The van der Waals surface area contributed by atoms with Gasteiger partial charge < -0.3 is 10.6 Å². The molecule has 0 bridgehead atoms. The molecule has 0 spiro atoms. The van der Waals surface area contributed by atoms with Crippen LogP contribution in [0.15, 0.2) is 12.5 Å². The molecule has 1 fully saturated rings. The second-order valence-electron chi connectivity index (χ2n) is 3.54. The van der Waals surface area contributed by atoms with Gasteiger partial charge in [0.1, 0.15) is 12.1 Å². The number of anilines is 1. The van der Waals surface area contributed by atoms with Gasteiger partial charge in [-0.3, -0.25) is 0 Å². The fraction of sp³-hybridized carbons (Fsp3) is 0.556. The van der Waals surface area contributed by atoms with Gasteiger partial charge in [-0.1, -0.05) is 0 Å². The van der Waals surface area contributed by atoms with Crippen LogP contribution in [0.3, 0.4) is 0 Å². The Labute approximate surface area is 97.1 Å². The summed E-state index contributed by atoms with van der Waals surface area (Å²) < 4.78 is 1.12. The minimum atomic E-state index is 0.755. The van der Waals surface area contributed by atoms with E-state index in [9.17, 15) is 0 Å². The Morgan fingerprint density at radius 2 is 2.36 bits per heavy atom. The van der Waals surface area contributed by atoms with Gasteiger partial charge in [-0.2, -0.15) is 0 Å². The van der Waals surface area contributed by atoms with Crippen molar-refractivity contribution < 1.29 is 0 Å². The smallest absolute Gasteiger partial charge is 0.145 e. The van der Waals surface area contributed by atoms with Gasteiger partial charge in [-0.25, -0.2) is 9.97 Å². The first kappa shape index (κ1) is 10.1. The molecule has 1 aromatic rings. The molecule has 0 atom stereocenters. The molecule has 5 heteroatoms. The molecule has 2 rings (SSSR count). The van der Waals surface area contributed by atoms with Crippen LogP contribution in [0.25, 0.3) is 0 Å². The fourth-order valence-electron chi connectivity index (χ4n) is 1.70. The predicted molar refractivity (Wildman–Crippen MR) is 64.1 cm³/mol. The molecule has 14 heavy (non-hydrogen) atoms. The van der Waals surface area contributed by atoms with E-state index in [0.717, 1.165) is 41.4 Å². The summed E-state index contributed by atoms with van der Waals surface area (Å²) in [6.45, 7) is 2.97. The maximum atomic E-state index is 5.51. The summed E-state index contributed by atoms with van der Waals surface area (Å²) in [7, 11) is 0. The highest BCUT2D eigenvalue weighted by molar-refractivity contribution is 14.1. The molecule has 1 aliphatic heterocycles. The molecule has 4 nitrogen and oxygen atoms in total. The Hall–Kier alpha value is -0.430. The van der Waals surface area contributed by atoms with E-state index >= 15 is 0 Å². The predicted octanol–water partition coefficient (Wildman–Crippen LogP) is 0.866. The van der Waals surface area contributed by atoms with Crippen molar-refractivity contribution in [3.8, 4) is 0 Å². The van der Waals surface area contributed by atoms with E-state index in [-0.39, 0.29) is 0 Å². The minimum absolute atomic E-state index is 0.755. The van der Waals surface area contributed by atoms with Crippen LogP contribution in [-0.2, 0) is 0 Å². The zero-order valence-electron chi connectivity index (χ0n) is 7.86. The van der Waals surface area contributed by atoms with Crippen LogP contribution in [0.4, 0.5) is 5.82 Å². The first-order valence-electron chi connectivity index (χ1n) is 4.71. The largest absolute Gasteiger partial charge is 0.355 e. The average molecular weight is 304 g/mol. The molecule has 0 radical (unpaired) electrons. The van der Waals surface area contributed by atoms with Crippen LogP contribution in [0.1, 0.15) is 6.42 Å². The van der Waals surface area contributed by atoms with Crippen molar-refractivity contribution in [2.45, 2.75) is 6.42 Å². The zero-order chi connectivity index (χ0) is 9.97. The summed E-state index contributed by atoms with van der Waals surface area (Å²) in [6, 6.07) is 0. The van der Waals surface area contributed by atoms with Gasteiger partial charge in [0.15, 0.2) is 0 Å². The first-order valence-corrected chi connectivity index (χ1v) is 5.79. The molecule has 0 aromatic carbocycles. The third-order valence-corrected chi connectivity index (χ3v) is 3.24. The lowest BCUT2D eigenvalue weighted by Crippen LogP contribution is -2.48. The Morgan fingerprint density at radius 1 is 1.57 bits per heavy atom. The topological polar surface area (TPSA) is 55.0 Å². The number of hydrogen-bond donors (Lipinski definition) is 1. The van der Waals surface area contributed by atoms with Crippen molar-refractivity contribution >= 4 is 28.4 Å². The van der Waals surface area contributed by atoms with Crippen LogP contribution in [0, 0.1) is 9.49 Å². The quantitative estimate of drug-likeness (QED) is 0.842. The van der Waals surface area contributed by atoms with E-state index in [1.165, 1.54) is 0 Å². The minimum Gasteiger partial charge on any atom is -0.355 e. The summed E-state index contributed by atoms with van der Waals surface area (Å²) in [6.07, 6.45) is 4.57. The van der Waals surface area contributed by atoms with Crippen LogP contribution in [0.2, 0.25) is 0 Å². The highest BCUT2D eigenvalue weighted by atomic mass is 127. The van der Waals surface area contributed by atoms with Crippen molar-refractivity contribution in [2.75, 3.05) is 24.5 Å². The van der Waals surface area contributed by atoms with Gasteiger partial charge in [0.25, 0.3) is 0 Å². The Balaban J connectivity index is 1.96. The van der Waals surface area contributed by atoms with Crippen molar-refractivity contribution in [3.63, 3.8) is 0 Å². The van der Waals surface area contributed by atoms with Crippen molar-refractivity contribution in [1.29, 1.82) is 0 Å². The van der Waals surface area contributed by atoms with Crippen LogP contribution in [-0.4, -0.2) is 29.6 Å². The molecule has 0 amide bonds. The summed E-state index contributed by atoms with van der Waals surface area (Å²) in [5, 5.41) is 0. The van der Waals surface area contributed by atoms with Gasteiger partial charge in [-0.05, 0) is 41.5 Å². The summed E-state index contributed by atoms with van der Waals surface area (Å²) in [4.78, 5) is 10.5. The lowest BCUT2D eigenvalue weighted by molar-refractivity contribution is 0.386. The molecular formula is C9H13IN4. The van der Waals surface area contributed by atoms with E-state index in [1.807, 2.05) is 6.20 Å². The maximum absolute atomic E-state index is 5.51. The monoisotopic (exact) mass is 304 g/mol. The SMILES string of the molecule is NCCC1CN(c2ncncc2I)C1. The number of rotatable bonds is 3. The summed E-state index contributed by atoms with van der Waals surface area (Å²) in [5.41, 5.74) is 5.51. The Kier molecular flexibility index (Phi) is 3.17. The summed E-state index contributed by atoms with van der Waals surface area (Å²) in [5.74, 6) is 1.82. The molecule has 2 N–H and O–H groups in total. The van der Waals surface area contributed by atoms with Crippen LogP contribution < -0.4 is 10.6 Å². The molecule has 76 valence electrons. The molecule has 2 heterocycles. The molecule has 0 unspecified atom stereocenters. The molecule has 1 saturated heterocycles. The zero-order valence-corrected chi connectivity index (χ0v) is 10.0. The van der Waals surface area contributed by atoms with E-state index in [0.29, 0.717) is 0 Å². The van der Waals surface area contributed by atoms with Crippen LogP contribution >= 0.6 is 22.6 Å². The number of hydrogen-bond acceptors (Lipinski definition) is 4. The molecule has 0 aliphatic carbocycles. The van der Waals surface area contributed by atoms with E-state index in [1.54, 1.807) is 6.33 Å². The van der Waals surface area contributed by atoms with Crippen molar-refractivity contribution in [2.24, 2.45) is 11.7 Å². The number of halogens is 1. The van der Waals surface area contributed by atoms with E-state index < -0.39 is 0 Å². The van der Waals surface area contributed by atoms with Crippen LogP contribution in [0.5, 0.6) is 0 Å². The van der Waals surface area contributed by atoms with E-state index in [2.05, 4.69) is 37.5 Å². The lowest BCUT2D eigenvalue weighted by Gasteiger charge is -2.40. The summed E-state index contributed by atoms with van der Waals surface area (Å²) >= 11 is 2.27. The second kappa shape index (κ2) is 4.39. The molecule has 0 saturated carbocycles. The molecular weight excluding hydrogens is 291 g/mol. The van der Waals surface area contributed by atoms with Gasteiger partial charge in [-0.15, -0.1) is 0 Å². The normalized spacial score (nSPS) is 16.9. The maximum Gasteiger partial charge on any atom is 0.145 e. The highest BCUT2D eigenvalue weighted by Gasteiger charge is 2.27. The molecule has 1 aliphatic rings. The Bertz CT molecular complexity index is 311. The lowest BCUT2D eigenvalue weighted by atomic mass is 9.96. The van der Waals surface area contributed by atoms with Crippen molar-refractivity contribution in [3.05, 3.63) is 16.1 Å². The third-order valence-electron chi connectivity index (χ3n) is 2.48. The third kappa shape index (κ3) is 1.98. The number of nitrogens with two attached hydrogens (primary N) is 1. The number of nitrogens with zero attached hydrogens (tertiary/aromatic N) is 3. The number of aromatic nitrogens is 2. The van der Waals surface area contributed by atoms with Crippen molar-refractivity contribution in [1.82, 2.24) is 9.97 Å².